The zero-order chi connectivity index (χ0) is 14.0. The predicted octanol–water partition coefficient (Wildman–Crippen LogP) is -1.55. The van der Waals surface area contributed by atoms with Gasteiger partial charge in [0, 0.05) is 5.69 Å². The number of benzene rings is 1. The second-order valence-corrected chi connectivity index (χ2v) is 4.38. The highest BCUT2D eigenvalue weighted by molar-refractivity contribution is 5.41. The number of hydrogen-bond acceptors (Lipinski definition) is 7. The maximum atomic E-state index is 9.77. The van der Waals surface area contributed by atoms with E-state index < -0.39 is 37.3 Å². The topological polar surface area (TPSA) is 125 Å². The van der Waals surface area contributed by atoms with E-state index in [1.165, 1.54) is 0 Å². The van der Waals surface area contributed by atoms with Gasteiger partial charge >= 0.3 is 0 Å². The minimum absolute atomic E-state index is 0.388. The van der Waals surface area contributed by atoms with Gasteiger partial charge in [-0.1, -0.05) is 0 Å². The van der Waals surface area contributed by atoms with E-state index in [1.54, 1.807) is 24.3 Å². The first-order chi connectivity index (χ1) is 9.02. The molecule has 0 bridgehead atoms. The second kappa shape index (κ2) is 5.72. The number of aliphatic hydroxyl groups is 4. The van der Waals surface area contributed by atoms with Crippen molar-refractivity contribution >= 4 is 5.69 Å². The van der Waals surface area contributed by atoms with Crippen LogP contribution in [0.2, 0.25) is 0 Å². The Morgan fingerprint density at radius 3 is 2.26 bits per heavy atom. The molecule has 0 spiro atoms. The van der Waals surface area contributed by atoms with Crippen LogP contribution in [0, 0.1) is 0 Å². The van der Waals surface area contributed by atoms with Crippen LogP contribution < -0.4 is 10.5 Å². The first kappa shape index (κ1) is 14.0. The third-order valence-corrected chi connectivity index (χ3v) is 2.98. The van der Waals surface area contributed by atoms with Crippen LogP contribution in [0.15, 0.2) is 24.3 Å². The number of hydrogen-bond donors (Lipinski definition) is 5. The van der Waals surface area contributed by atoms with Crippen LogP contribution in [0.4, 0.5) is 5.69 Å². The fraction of sp³-hybridized carbons (Fsp3) is 0.500. The number of aliphatic hydroxyl groups excluding tert-OH is 4. The lowest BCUT2D eigenvalue weighted by atomic mass is 9.99. The molecule has 7 nitrogen and oxygen atoms in total. The van der Waals surface area contributed by atoms with Crippen molar-refractivity contribution in [2.24, 2.45) is 0 Å². The molecule has 1 heterocycles. The van der Waals surface area contributed by atoms with Gasteiger partial charge in [0.15, 0.2) is 0 Å². The molecule has 7 heteroatoms. The fourth-order valence-corrected chi connectivity index (χ4v) is 1.85. The van der Waals surface area contributed by atoms with Gasteiger partial charge in [-0.25, -0.2) is 0 Å². The highest BCUT2D eigenvalue weighted by Crippen LogP contribution is 2.24. The van der Waals surface area contributed by atoms with Crippen LogP contribution in [0.3, 0.4) is 0 Å². The number of nitrogens with two attached hydrogens (primary N) is 1. The van der Waals surface area contributed by atoms with Crippen molar-refractivity contribution < 1.29 is 29.9 Å². The Bertz CT molecular complexity index is 409. The van der Waals surface area contributed by atoms with Crippen LogP contribution in [0.25, 0.3) is 0 Å². The van der Waals surface area contributed by atoms with E-state index in [9.17, 15) is 15.3 Å². The van der Waals surface area contributed by atoms with Crippen molar-refractivity contribution in [3.8, 4) is 5.75 Å². The highest BCUT2D eigenvalue weighted by Gasteiger charge is 2.44. The molecule has 0 aliphatic carbocycles. The lowest BCUT2D eigenvalue weighted by molar-refractivity contribution is -0.277. The molecule has 5 atom stereocenters. The SMILES string of the molecule is Nc1ccc(O[C@@H]2O[C@H](CO)[C@@H](O)[C@@H](O)[C@H]2O)cc1. The van der Waals surface area contributed by atoms with Gasteiger partial charge in [-0.15, -0.1) is 0 Å². The van der Waals surface area contributed by atoms with Gasteiger partial charge in [0.05, 0.1) is 6.61 Å². The molecule has 19 heavy (non-hydrogen) atoms. The summed E-state index contributed by atoms with van der Waals surface area (Å²) >= 11 is 0. The van der Waals surface area contributed by atoms with Crippen molar-refractivity contribution in [3.63, 3.8) is 0 Å². The smallest absolute Gasteiger partial charge is 0.229 e. The van der Waals surface area contributed by atoms with Crippen molar-refractivity contribution in [2.45, 2.75) is 30.7 Å². The molecule has 1 aromatic carbocycles. The predicted molar refractivity (Wildman–Crippen MR) is 65.2 cm³/mol. The summed E-state index contributed by atoms with van der Waals surface area (Å²) in [5.41, 5.74) is 6.09. The zero-order valence-corrected chi connectivity index (χ0v) is 10.1. The number of ether oxygens (including phenoxy) is 2. The molecular weight excluding hydrogens is 254 g/mol. The summed E-state index contributed by atoms with van der Waals surface area (Å²) in [5, 5.41) is 38.0. The lowest BCUT2D eigenvalue weighted by Gasteiger charge is -2.39. The van der Waals surface area contributed by atoms with Crippen molar-refractivity contribution in [1.29, 1.82) is 0 Å². The average molecular weight is 271 g/mol. The molecule has 0 aromatic heterocycles. The summed E-state index contributed by atoms with van der Waals surface area (Å²) in [7, 11) is 0. The van der Waals surface area contributed by atoms with Crippen LogP contribution in [0.5, 0.6) is 5.75 Å². The molecular formula is C12H17NO6. The maximum absolute atomic E-state index is 9.77. The monoisotopic (exact) mass is 271 g/mol. The molecule has 106 valence electrons. The van der Waals surface area contributed by atoms with E-state index in [-0.39, 0.29) is 0 Å². The van der Waals surface area contributed by atoms with Gasteiger partial charge in [-0.05, 0) is 24.3 Å². The Morgan fingerprint density at radius 2 is 1.68 bits per heavy atom. The summed E-state index contributed by atoms with van der Waals surface area (Å²) in [6.45, 7) is -0.494. The van der Waals surface area contributed by atoms with Crippen LogP contribution in [-0.2, 0) is 4.74 Å². The largest absolute Gasteiger partial charge is 0.462 e. The summed E-state index contributed by atoms with van der Waals surface area (Å²) in [6, 6.07) is 6.38. The summed E-state index contributed by atoms with van der Waals surface area (Å²) < 4.78 is 10.6. The Hall–Kier alpha value is -1.38. The van der Waals surface area contributed by atoms with Crippen molar-refractivity contribution in [2.75, 3.05) is 12.3 Å². The summed E-state index contributed by atoms with van der Waals surface area (Å²) in [5.74, 6) is 0.388. The van der Waals surface area contributed by atoms with Gasteiger partial charge in [-0.3, -0.25) is 0 Å². The van der Waals surface area contributed by atoms with E-state index in [4.69, 9.17) is 20.3 Å². The fourth-order valence-electron chi connectivity index (χ4n) is 1.85. The van der Waals surface area contributed by atoms with Crippen LogP contribution >= 0.6 is 0 Å². The zero-order valence-electron chi connectivity index (χ0n) is 10.1. The molecule has 0 unspecified atom stereocenters. The number of nitrogen functional groups attached to an aromatic ring is 1. The second-order valence-electron chi connectivity index (χ2n) is 4.38. The van der Waals surface area contributed by atoms with Crippen molar-refractivity contribution in [3.05, 3.63) is 24.3 Å². The summed E-state index contributed by atoms with van der Waals surface area (Å²) in [6.07, 6.45) is -6.44. The van der Waals surface area contributed by atoms with Crippen LogP contribution in [-0.4, -0.2) is 57.7 Å². The summed E-state index contributed by atoms with van der Waals surface area (Å²) in [4.78, 5) is 0. The van der Waals surface area contributed by atoms with E-state index in [2.05, 4.69) is 0 Å². The Morgan fingerprint density at radius 1 is 1.05 bits per heavy atom. The first-order valence-electron chi connectivity index (χ1n) is 5.85. The van der Waals surface area contributed by atoms with Gasteiger partial charge in [0.2, 0.25) is 6.29 Å². The van der Waals surface area contributed by atoms with E-state index in [1.807, 2.05) is 0 Å². The average Bonchev–Trinajstić information content (AvgIpc) is 2.42. The maximum Gasteiger partial charge on any atom is 0.229 e. The first-order valence-corrected chi connectivity index (χ1v) is 5.85. The molecule has 1 saturated heterocycles. The number of anilines is 1. The molecule has 1 aromatic rings. The lowest BCUT2D eigenvalue weighted by Crippen LogP contribution is -2.60. The van der Waals surface area contributed by atoms with Crippen molar-refractivity contribution in [1.82, 2.24) is 0 Å². The normalized spacial score (nSPS) is 35.1. The minimum atomic E-state index is -1.45. The Balaban J connectivity index is 2.08. The van der Waals surface area contributed by atoms with E-state index >= 15 is 0 Å². The van der Waals surface area contributed by atoms with E-state index in [0.29, 0.717) is 11.4 Å². The third kappa shape index (κ3) is 2.96. The molecule has 6 N–H and O–H groups in total. The molecule has 0 amide bonds. The van der Waals surface area contributed by atoms with E-state index in [0.717, 1.165) is 0 Å². The number of rotatable bonds is 3. The van der Waals surface area contributed by atoms with Crippen LogP contribution in [0.1, 0.15) is 0 Å². The van der Waals surface area contributed by atoms with Gasteiger partial charge in [0.1, 0.15) is 30.2 Å². The quantitative estimate of drug-likeness (QED) is 0.421. The molecule has 0 saturated carbocycles. The van der Waals surface area contributed by atoms with Gasteiger partial charge in [-0.2, -0.15) is 0 Å². The molecule has 1 aliphatic heterocycles. The standard InChI is InChI=1S/C12H17NO6/c13-6-1-3-7(4-2-6)18-12-11(17)10(16)9(15)8(5-14)19-12/h1-4,8-12,14-17H,5,13H2/t8-,9-,10-,11-,12-/m1/s1. The van der Waals surface area contributed by atoms with Gasteiger partial charge in [0.25, 0.3) is 0 Å². The van der Waals surface area contributed by atoms with Gasteiger partial charge < -0.3 is 35.6 Å². The minimum Gasteiger partial charge on any atom is -0.462 e. The molecule has 0 radical (unpaired) electrons. The molecule has 1 aliphatic rings. The third-order valence-electron chi connectivity index (χ3n) is 2.98. The molecule has 2 rings (SSSR count). The Kier molecular flexibility index (Phi) is 4.23. The molecule has 1 fully saturated rings. The highest BCUT2D eigenvalue weighted by atomic mass is 16.7. The Labute approximate surface area is 109 Å².